The molecule has 0 unspecified atom stereocenters. The Hall–Kier alpha value is -4.18. The largest absolute Gasteiger partial charge is 0.463 e. The average molecular weight is 606 g/mol. The standard InChI is InChI=1S/C34H43N3O7/c38-22-30-19-26-13-7-8-15-28(26)21-37(30)31(39)20-27-14-5-2-6-17-32(40)43-24-29(36-33(27)41)16-9-10-18-35-34(42)44-23-25-11-3-1-4-12-25/h1-5,7-8,11-13,15,27,29-30,38H,6,9-10,14,16-24H2,(H,35,42)(H,36,41)/t27-,29+,30+/m1/s1. The van der Waals surface area contributed by atoms with Crippen molar-refractivity contribution in [2.45, 2.75) is 76.6 Å². The van der Waals surface area contributed by atoms with Crippen LogP contribution in [0.25, 0.3) is 0 Å². The van der Waals surface area contributed by atoms with E-state index >= 15 is 0 Å². The number of aliphatic hydroxyl groups excluding tert-OH is 1. The number of carbonyl (C=O) groups excluding carboxylic acids is 4. The van der Waals surface area contributed by atoms with Crippen molar-refractivity contribution in [3.63, 3.8) is 0 Å². The Kier molecular flexibility index (Phi) is 12.8. The molecule has 2 aliphatic rings. The highest BCUT2D eigenvalue weighted by Gasteiger charge is 2.32. The van der Waals surface area contributed by atoms with Crippen LogP contribution in [0.1, 0.15) is 61.6 Å². The van der Waals surface area contributed by atoms with E-state index in [0.29, 0.717) is 51.6 Å². The van der Waals surface area contributed by atoms with Gasteiger partial charge in [0.05, 0.1) is 24.6 Å². The zero-order valence-electron chi connectivity index (χ0n) is 25.1. The van der Waals surface area contributed by atoms with E-state index in [-0.39, 0.29) is 56.5 Å². The molecule has 10 heteroatoms. The highest BCUT2D eigenvalue weighted by Crippen LogP contribution is 2.25. The Bertz CT molecular complexity index is 1280. The number of cyclic esters (lactones) is 1. The lowest BCUT2D eigenvalue weighted by Crippen LogP contribution is -2.48. The molecule has 2 aromatic carbocycles. The van der Waals surface area contributed by atoms with Gasteiger partial charge in [-0.15, -0.1) is 0 Å². The van der Waals surface area contributed by atoms with Crippen LogP contribution in [0.15, 0.2) is 66.7 Å². The molecule has 0 fully saturated rings. The molecule has 0 bridgehead atoms. The first-order valence-corrected chi connectivity index (χ1v) is 15.5. The van der Waals surface area contributed by atoms with Crippen molar-refractivity contribution in [2.24, 2.45) is 5.92 Å². The van der Waals surface area contributed by atoms with Crippen LogP contribution in [0.5, 0.6) is 0 Å². The highest BCUT2D eigenvalue weighted by atomic mass is 16.5. The molecule has 0 spiro atoms. The predicted molar refractivity (Wildman–Crippen MR) is 164 cm³/mol. The summed E-state index contributed by atoms with van der Waals surface area (Å²) < 4.78 is 10.7. The van der Waals surface area contributed by atoms with E-state index in [1.807, 2.05) is 66.7 Å². The van der Waals surface area contributed by atoms with Gasteiger partial charge in [-0.05, 0) is 55.2 Å². The molecule has 236 valence electrons. The van der Waals surface area contributed by atoms with Crippen molar-refractivity contribution in [3.8, 4) is 0 Å². The number of rotatable bonds is 10. The number of allylic oxidation sites excluding steroid dienone is 2. The zero-order valence-corrected chi connectivity index (χ0v) is 25.1. The number of carbonyl (C=O) groups is 4. The smallest absolute Gasteiger partial charge is 0.407 e. The highest BCUT2D eigenvalue weighted by molar-refractivity contribution is 5.86. The molecule has 0 radical (unpaired) electrons. The van der Waals surface area contributed by atoms with E-state index in [1.165, 1.54) is 0 Å². The molecule has 0 aromatic heterocycles. The van der Waals surface area contributed by atoms with Crippen molar-refractivity contribution in [1.29, 1.82) is 0 Å². The summed E-state index contributed by atoms with van der Waals surface area (Å²) in [5, 5.41) is 15.8. The summed E-state index contributed by atoms with van der Waals surface area (Å²) in [5.41, 5.74) is 3.08. The fourth-order valence-corrected chi connectivity index (χ4v) is 5.50. The molecular formula is C34H43N3O7. The monoisotopic (exact) mass is 605 g/mol. The fourth-order valence-electron chi connectivity index (χ4n) is 5.50. The molecule has 0 aliphatic carbocycles. The van der Waals surface area contributed by atoms with Gasteiger partial charge in [-0.25, -0.2) is 4.79 Å². The Morgan fingerprint density at radius 2 is 1.80 bits per heavy atom. The average Bonchev–Trinajstić information content (AvgIpc) is 3.04. The second-order valence-corrected chi connectivity index (χ2v) is 11.4. The van der Waals surface area contributed by atoms with Crippen LogP contribution < -0.4 is 10.6 Å². The van der Waals surface area contributed by atoms with Gasteiger partial charge in [-0.1, -0.05) is 66.7 Å². The van der Waals surface area contributed by atoms with Crippen LogP contribution in [-0.4, -0.2) is 65.7 Å². The van der Waals surface area contributed by atoms with Crippen molar-refractivity contribution in [3.05, 3.63) is 83.4 Å². The summed E-state index contributed by atoms with van der Waals surface area (Å²) in [6.07, 6.45) is 6.71. The SMILES string of the molecule is O=C1CCC=CC[C@H](CC(=O)N2Cc3ccccc3C[C@H]2CO)C(=O)N[C@@H](CCCCNC(=O)OCc2ccccc2)CO1. The lowest BCUT2D eigenvalue weighted by Gasteiger charge is -2.36. The molecule has 4 rings (SSSR count). The van der Waals surface area contributed by atoms with E-state index in [9.17, 15) is 24.3 Å². The van der Waals surface area contributed by atoms with E-state index in [0.717, 1.165) is 16.7 Å². The number of alkyl carbamates (subject to hydrolysis) is 1. The summed E-state index contributed by atoms with van der Waals surface area (Å²) in [7, 11) is 0. The van der Waals surface area contributed by atoms with E-state index in [4.69, 9.17) is 9.47 Å². The van der Waals surface area contributed by atoms with Crippen LogP contribution in [0.3, 0.4) is 0 Å². The number of fused-ring (bicyclic) bond motifs is 1. The van der Waals surface area contributed by atoms with Gasteiger partial charge in [0.2, 0.25) is 11.8 Å². The maximum absolute atomic E-state index is 13.5. The maximum atomic E-state index is 13.5. The summed E-state index contributed by atoms with van der Waals surface area (Å²) in [6, 6.07) is 16.6. The minimum absolute atomic E-state index is 0.0103. The number of amides is 3. The molecule has 3 amide bonds. The quantitative estimate of drug-likeness (QED) is 0.213. The first kappa shape index (κ1) is 32.7. The Morgan fingerprint density at radius 3 is 2.59 bits per heavy atom. The van der Waals surface area contributed by atoms with Crippen molar-refractivity contribution >= 4 is 23.9 Å². The van der Waals surface area contributed by atoms with Gasteiger partial charge in [0, 0.05) is 25.9 Å². The maximum Gasteiger partial charge on any atom is 0.407 e. The molecule has 10 nitrogen and oxygen atoms in total. The van der Waals surface area contributed by atoms with E-state index in [2.05, 4.69) is 10.6 Å². The number of ether oxygens (including phenoxy) is 2. The van der Waals surface area contributed by atoms with Crippen molar-refractivity contribution in [1.82, 2.24) is 15.5 Å². The third-order valence-corrected chi connectivity index (χ3v) is 8.03. The summed E-state index contributed by atoms with van der Waals surface area (Å²) in [6.45, 7) is 0.884. The van der Waals surface area contributed by atoms with E-state index in [1.54, 1.807) is 4.90 Å². The minimum Gasteiger partial charge on any atom is -0.463 e. The molecule has 3 N–H and O–H groups in total. The topological polar surface area (TPSA) is 134 Å². The number of esters is 1. The van der Waals surface area contributed by atoms with Crippen LogP contribution in [0.2, 0.25) is 0 Å². The van der Waals surface area contributed by atoms with Crippen molar-refractivity contribution < 1.29 is 33.8 Å². The molecule has 3 atom stereocenters. The Labute approximate surface area is 258 Å². The summed E-state index contributed by atoms with van der Waals surface area (Å²) in [5.74, 6) is -1.38. The number of nitrogens with zero attached hydrogens (tertiary/aromatic N) is 1. The molecule has 2 aromatic rings. The third-order valence-electron chi connectivity index (χ3n) is 8.03. The Morgan fingerprint density at radius 1 is 1.02 bits per heavy atom. The molecule has 0 saturated heterocycles. The third kappa shape index (κ3) is 10.2. The number of nitrogens with one attached hydrogen (secondary N) is 2. The second-order valence-electron chi connectivity index (χ2n) is 11.4. The number of unbranched alkanes of at least 4 members (excludes halogenated alkanes) is 1. The van der Waals surface area contributed by atoms with Gasteiger partial charge in [0.1, 0.15) is 13.2 Å². The van der Waals surface area contributed by atoms with Crippen LogP contribution in [-0.2, 0) is 43.4 Å². The first-order valence-electron chi connectivity index (χ1n) is 15.5. The van der Waals surface area contributed by atoms with Crippen LogP contribution in [0.4, 0.5) is 4.79 Å². The summed E-state index contributed by atoms with van der Waals surface area (Å²) in [4.78, 5) is 52.9. The molecule has 2 aliphatic heterocycles. The van der Waals surface area contributed by atoms with Gasteiger partial charge in [0.25, 0.3) is 0 Å². The van der Waals surface area contributed by atoms with Crippen LogP contribution in [0, 0.1) is 5.92 Å². The zero-order chi connectivity index (χ0) is 31.1. The normalized spacial score (nSPS) is 20.8. The molecule has 44 heavy (non-hydrogen) atoms. The van der Waals surface area contributed by atoms with Gasteiger partial charge >= 0.3 is 12.1 Å². The first-order chi connectivity index (χ1) is 21.4. The fraction of sp³-hybridized carbons (Fsp3) is 0.471. The minimum atomic E-state index is -0.603. The second kappa shape index (κ2) is 17.2. The molecule has 2 heterocycles. The van der Waals surface area contributed by atoms with E-state index < -0.39 is 18.1 Å². The molecular weight excluding hydrogens is 562 g/mol. The van der Waals surface area contributed by atoms with Gasteiger partial charge < -0.3 is 30.1 Å². The van der Waals surface area contributed by atoms with Crippen molar-refractivity contribution in [2.75, 3.05) is 19.8 Å². The van der Waals surface area contributed by atoms with Gasteiger partial charge in [-0.3, -0.25) is 14.4 Å². The Balaban J connectivity index is 1.30. The lowest BCUT2D eigenvalue weighted by atomic mass is 9.92. The number of hydrogen-bond donors (Lipinski definition) is 3. The number of hydrogen-bond acceptors (Lipinski definition) is 7. The van der Waals surface area contributed by atoms with Gasteiger partial charge in [-0.2, -0.15) is 0 Å². The lowest BCUT2D eigenvalue weighted by molar-refractivity contribution is -0.145. The predicted octanol–water partition coefficient (Wildman–Crippen LogP) is 3.80. The number of benzene rings is 2. The van der Waals surface area contributed by atoms with Gasteiger partial charge in [0.15, 0.2) is 0 Å². The van der Waals surface area contributed by atoms with Crippen LogP contribution >= 0.6 is 0 Å². The number of aliphatic hydroxyl groups is 1. The summed E-state index contributed by atoms with van der Waals surface area (Å²) >= 11 is 0. The molecule has 0 saturated carbocycles.